The maximum Gasteiger partial charge on any atom is 0.410 e. The molecule has 1 N–H and O–H groups in total. The van der Waals surface area contributed by atoms with Crippen molar-refractivity contribution in [2.24, 2.45) is 0 Å². The molecule has 1 unspecified atom stereocenters. The SMILES string of the molecule is CC(C)(C)OC(=O)N1CC[C@@H](OCCCCC2CCc3cccnc3N2)C1. The fourth-order valence-corrected chi connectivity index (χ4v) is 3.68. The van der Waals surface area contributed by atoms with E-state index in [9.17, 15) is 4.79 Å². The van der Waals surface area contributed by atoms with Crippen molar-refractivity contribution < 1.29 is 14.3 Å². The van der Waals surface area contributed by atoms with Crippen LogP contribution in [0.2, 0.25) is 0 Å². The molecule has 1 aromatic rings. The van der Waals surface area contributed by atoms with Gasteiger partial charge in [-0.1, -0.05) is 6.07 Å². The number of aryl methyl sites for hydroxylation is 1. The Morgan fingerprint density at radius 2 is 2.19 bits per heavy atom. The molecule has 3 heterocycles. The second kappa shape index (κ2) is 8.91. The number of pyridine rings is 1. The third kappa shape index (κ3) is 6.09. The second-order valence-corrected chi connectivity index (χ2v) is 8.59. The van der Waals surface area contributed by atoms with Gasteiger partial charge in [0, 0.05) is 25.4 Å². The van der Waals surface area contributed by atoms with Crippen molar-refractivity contribution in [1.29, 1.82) is 0 Å². The molecule has 1 aromatic heterocycles. The van der Waals surface area contributed by atoms with Crippen LogP contribution < -0.4 is 5.32 Å². The van der Waals surface area contributed by atoms with Crippen LogP contribution in [0.25, 0.3) is 0 Å². The molecule has 6 nitrogen and oxygen atoms in total. The molecule has 0 radical (unpaired) electrons. The average Bonchev–Trinajstić information content (AvgIpc) is 3.09. The Hall–Kier alpha value is -1.82. The number of carbonyl (C=O) groups excluding carboxylic acids is 1. The summed E-state index contributed by atoms with van der Waals surface area (Å²) in [6, 6.07) is 4.67. The zero-order valence-electron chi connectivity index (χ0n) is 16.9. The second-order valence-electron chi connectivity index (χ2n) is 8.59. The van der Waals surface area contributed by atoms with Gasteiger partial charge in [-0.25, -0.2) is 9.78 Å². The van der Waals surface area contributed by atoms with E-state index in [-0.39, 0.29) is 12.2 Å². The summed E-state index contributed by atoms with van der Waals surface area (Å²) in [5.74, 6) is 1.05. The average molecular weight is 376 g/mol. The molecule has 27 heavy (non-hydrogen) atoms. The summed E-state index contributed by atoms with van der Waals surface area (Å²) < 4.78 is 11.4. The van der Waals surface area contributed by atoms with Crippen LogP contribution in [0.5, 0.6) is 0 Å². The number of amides is 1. The minimum atomic E-state index is -0.445. The highest BCUT2D eigenvalue weighted by Gasteiger charge is 2.30. The molecule has 3 rings (SSSR count). The van der Waals surface area contributed by atoms with Crippen LogP contribution >= 0.6 is 0 Å². The van der Waals surface area contributed by atoms with Crippen molar-refractivity contribution in [1.82, 2.24) is 9.88 Å². The Morgan fingerprint density at radius 1 is 1.33 bits per heavy atom. The Balaban J connectivity index is 1.28. The van der Waals surface area contributed by atoms with E-state index in [4.69, 9.17) is 9.47 Å². The van der Waals surface area contributed by atoms with Gasteiger partial charge in [0.15, 0.2) is 0 Å². The highest BCUT2D eigenvalue weighted by atomic mass is 16.6. The molecule has 2 atom stereocenters. The smallest absolute Gasteiger partial charge is 0.410 e. The predicted octanol–water partition coefficient (Wildman–Crippen LogP) is 4.00. The lowest BCUT2D eigenvalue weighted by Gasteiger charge is -2.26. The first kappa shape index (κ1) is 19.9. The van der Waals surface area contributed by atoms with Gasteiger partial charge in [-0.2, -0.15) is 0 Å². The summed E-state index contributed by atoms with van der Waals surface area (Å²) in [7, 11) is 0. The lowest BCUT2D eigenvalue weighted by atomic mass is 9.97. The van der Waals surface area contributed by atoms with E-state index in [0.29, 0.717) is 12.6 Å². The number of unbranched alkanes of at least 4 members (excludes halogenated alkanes) is 1. The van der Waals surface area contributed by atoms with E-state index in [1.54, 1.807) is 4.90 Å². The standard InChI is InChI=1S/C21H33N3O3/c1-21(2,3)27-20(25)24-13-11-18(15-24)26-14-5-4-8-17-10-9-16-7-6-12-22-19(16)23-17/h6-7,12,17-18H,4-5,8-11,13-15H2,1-3H3,(H,22,23)/t17?,18-/m1/s1. The molecule has 0 saturated carbocycles. The molecule has 0 aromatic carbocycles. The van der Waals surface area contributed by atoms with E-state index in [1.165, 1.54) is 12.0 Å². The van der Waals surface area contributed by atoms with E-state index in [1.807, 2.05) is 33.0 Å². The first-order chi connectivity index (χ1) is 12.9. The summed E-state index contributed by atoms with van der Waals surface area (Å²) in [4.78, 5) is 18.3. The Labute approximate surface area is 162 Å². The number of aromatic nitrogens is 1. The molecule has 2 aliphatic rings. The first-order valence-electron chi connectivity index (χ1n) is 10.2. The highest BCUT2D eigenvalue weighted by molar-refractivity contribution is 5.68. The molecular weight excluding hydrogens is 342 g/mol. The number of likely N-dealkylation sites (tertiary alicyclic amines) is 1. The van der Waals surface area contributed by atoms with Gasteiger partial charge in [-0.3, -0.25) is 0 Å². The van der Waals surface area contributed by atoms with Gasteiger partial charge in [0.1, 0.15) is 11.4 Å². The quantitative estimate of drug-likeness (QED) is 0.761. The zero-order valence-corrected chi connectivity index (χ0v) is 16.9. The number of hydrogen-bond acceptors (Lipinski definition) is 5. The summed E-state index contributed by atoms with van der Waals surface area (Å²) in [6.07, 6.45) is 8.28. The molecule has 0 bridgehead atoms. The summed E-state index contributed by atoms with van der Waals surface area (Å²) >= 11 is 0. The third-order valence-electron chi connectivity index (χ3n) is 5.09. The van der Waals surface area contributed by atoms with Gasteiger partial charge < -0.3 is 19.7 Å². The number of nitrogens with zero attached hydrogens (tertiary/aromatic N) is 2. The first-order valence-corrected chi connectivity index (χ1v) is 10.2. The summed E-state index contributed by atoms with van der Waals surface area (Å²) in [5.41, 5.74) is 0.881. The van der Waals surface area contributed by atoms with Crippen LogP contribution in [0.4, 0.5) is 10.6 Å². The maximum absolute atomic E-state index is 12.1. The van der Waals surface area contributed by atoms with Gasteiger partial charge >= 0.3 is 6.09 Å². The zero-order chi connectivity index (χ0) is 19.3. The van der Waals surface area contributed by atoms with E-state index in [2.05, 4.69) is 16.4 Å². The summed E-state index contributed by atoms with van der Waals surface area (Å²) in [5, 5.41) is 3.56. The largest absolute Gasteiger partial charge is 0.444 e. The Morgan fingerprint density at radius 3 is 3.00 bits per heavy atom. The fraction of sp³-hybridized carbons (Fsp3) is 0.714. The number of anilines is 1. The summed E-state index contributed by atoms with van der Waals surface area (Å²) in [6.45, 7) is 7.80. The van der Waals surface area contributed by atoms with Crippen LogP contribution in [-0.2, 0) is 15.9 Å². The molecule has 1 amide bonds. The number of hydrogen-bond donors (Lipinski definition) is 1. The number of fused-ring (bicyclic) bond motifs is 1. The lowest BCUT2D eigenvalue weighted by molar-refractivity contribution is 0.0206. The van der Waals surface area contributed by atoms with Crippen molar-refractivity contribution in [2.75, 3.05) is 25.0 Å². The molecular formula is C21H33N3O3. The van der Waals surface area contributed by atoms with Crippen molar-refractivity contribution in [3.63, 3.8) is 0 Å². The number of rotatable bonds is 6. The van der Waals surface area contributed by atoms with E-state index < -0.39 is 5.60 Å². The topological polar surface area (TPSA) is 63.7 Å². The van der Waals surface area contributed by atoms with Crippen molar-refractivity contribution >= 4 is 11.9 Å². The van der Waals surface area contributed by atoms with Gasteiger partial charge in [0.2, 0.25) is 0 Å². The molecule has 1 fully saturated rings. The normalized spacial score (nSPS) is 22.3. The number of nitrogens with one attached hydrogen (secondary N) is 1. The number of carbonyl (C=O) groups is 1. The van der Waals surface area contributed by atoms with Crippen LogP contribution in [0.3, 0.4) is 0 Å². The van der Waals surface area contributed by atoms with Crippen LogP contribution in [0, 0.1) is 0 Å². The van der Waals surface area contributed by atoms with E-state index >= 15 is 0 Å². The fourth-order valence-electron chi connectivity index (χ4n) is 3.68. The minimum absolute atomic E-state index is 0.140. The van der Waals surface area contributed by atoms with Crippen LogP contribution in [0.1, 0.15) is 58.4 Å². The molecule has 1 saturated heterocycles. The predicted molar refractivity (Wildman–Crippen MR) is 106 cm³/mol. The van der Waals surface area contributed by atoms with Crippen molar-refractivity contribution in [3.8, 4) is 0 Å². The van der Waals surface area contributed by atoms with Gasteiger partial charge in [-0.15, -0.1) is 0 Å². The van der Waals surface area contributed by atoms with Crippen LogP contribution in [-0.4, -0.2) is 53.4 Å². The lowest BCUT2D eigenvalue weighted by Crippen LogP contribution is -2.36. The number of ether oxygens (including phenoxy) is 2. The van der Waals surface area contributed by atoms with Crippen LogP contribution in [0.15, 0.2) is 18.3 Å². The molecule has 150 valence electrons. The maximum atomic E-state index is 12.1. The Kier molecular flexibility index (Phi) is 6.58. The Bertz CT molecular complexity index is 629. The van der Waals surface area contributed by atoms with E-state index in [0.717, 1.165) is 51.1 Å². The van der Waals surface area contributed by atoms with Gasteiger partial charge in [0.05, 0.1) is 12.6 Å². The van der Waals surface area contributed by atoms with Gasteiger partial charge in [0.25, 0.3) is 0 Å². The molecule has 2 aliphatic heterocycles. The van der Waals surface area contributed by atoms with Gasteiger partial charge in [-0.05, 0) is 70.9 Å². The van der Waals surface area contributed by atoms with Crippen molar-refractivity contribution in [3.05, 3.63) is 23.9 Å². The molecule has 0 spiro atoms. The molecule has 6 heteroatoms. The molecule has 0 aliphatic carbocycles. The monoisotopic (exact) mass is 375 g/mol. The minimum Gasteiger partial charge on any atom is -0.444 e. The highest BCUT2D eigenvalue weighted by Crippen LogP contribution is 2.24. The third-order valence-corrected chi connectivity index (χ3v) is 5.09. The van der Waals surface area contributed by atoms with Crippen molar-refractivity contribution in [2.45, 2.75) is 77.0 Å².